The summed E-state index contributed by atoms with van der Waals surface area (Å²) in [6.45, 7) is 6.42. The fraction of sp³-hybridized carbons (Fsp3) is 0.600. The zero-order chi connectivity index (χ0) is 11.4. The van der Waals surface area contributed by atoms with Crippen LogP contribution in [-0.4, -0.2) is 28.2 Å². The molecule has 84 valence electrons. The van der Waals surface area contributed by atoms with Crippen LogP contribution < -0.4 is 11.1 Å². The first-order chi connectivity index (χ1) is 7.06. The van der Waals surface area contributed by atoms with Gasteiger partial charge in [-0.25, -0.2) is 9.97 Å². The molecule has 1 aromatic heterocycles. The number of nitrogens with zero attached hydrogens (tertiary/aromatic N) is 2. The van der Waals surface area contributed by atoms with Crippen molar-refractivity contribution in [1.29, 1.82) is 0 Å². The predicted octanol–water partition coefficient (Wildman–Crippen LogP) is 0.895. The summed E-state index contributed by atoms with van der Waals surface area (Å²) in [6, 6.07) is 0. The van der Waals surface area contributed by atoms with E-state index in [1.165, 1.54) is 0 Å². The minimum atomic E-state index is 0.0698. The van der Waals surface area contributed by atoms with Crippen LogP contribution in [0.15, 0.2) is 0 Å². The Hall–Kier alpha value is -1.36. The van der Waals surface area contributed by atoms with Crippen LogP contribution in [0.4, 0.5) is 11.6 Å². The van der Waals surface area contributed by atoms with Gasteiger partial charge in [0.15, 0.2) is 0 Å². The molecule has 0 amide bonds. The van der Waals surface area contributed by atoms with Crippen LogP contribution in [-0.2, 0) is 0 Å². The van der Waals surface area contributed by atoms with Gasteiger partial charge in [-0.2, -0.15) is 0 Å². The van der Waals surface area contributed by atoms with Crippen molar-refractivity contribution >= 4 is 11.6 Å². The van der Waals surface area contributed by atoms with Crippen LogP contribution in [0.1, 0.15) is 31.2 Å². The average molecular weight is 210 g/mol. The van der Waals surface area contributed by atoms with Crippen molar-refractivity contribution in [1.82, 2.24) is 9.97 Å². The Morgan fingerprint density at radius 1 is 1.40 bits per heavy atom. The van der Waals surface area contributed by atoms with E-state index in [-0.39, 0.29) is 12.5 Å². The number of aliphatic hydroxyl groups is 1. The van der Waals surface area contributed by atoms with Gasteiger partial charge in [-0.1, -0.05) is 13.8 Å². The van der Waals surface area contributed by atoms with E-state index >= 15 is 0 Å². The summed E-state index contributed by atoms with van der Waals surface area (Å²) in [6.07, 6.45) is 0. The summed E-state index contributed by atoms with van der Waals surface area (Å²) in [5.41, 5.74) is 6.60. The first kappa shape index (κ1) is 11.7. The summed E-state index contributed by atoms with van der Waals surface area (Å²) in [4.78, 5) is 8.56. The number of hydrogen-bond acceptors (Lipinski definition) is 5. The van der Waals surface area contributed by atoms with E-state index in [1.54, 1.807) is 0 Å². The summed E-state index contributed by atoms with van der Waals surface area (Å²) in [5, 5.41) is 11.7. The molecule has 15 heavy (non-hydrogen) atoms. The summed E-state index contributed by atoms with van der Waals surface area (Å²) in [5.74, 6) is 2.16. The molecule has 0 aliphatic rings. The standard InChI is InChI=1S/C10H18N4O/c1-6(2)9-13-8(11)7(3)10(14-9)12-4-5-15/h6,15H,4-5H2,1-3H3,(H3,11,12,13,14). The van der Waals surface area contributed by atoms with Crippen molar-refractivity contribution in [3.05, 3.63) is 11.4 Å². The van der Waals surface area contributed by atoms with E-state index in [2.05, 4.69) is 15.3 Å². The lowest BCUT2D eigenvalue weighted by molar-refractivity contribution is 0.311. The lowest BCUT2D eigenvalue weighted by Crippen LogP contribution is -2.13. The average Bonchev–Trinajstić information content (AvgIpc) is 2.19. The molecule has 0 aliphatic heterocycles. The molecule has 0 aliphatic carbocycles. The highest BCUT2D eigenvalue weighted by Crippen LogP contribution is 2.20. The molecule has 0 bridgehead atoms. The zero-order valence-corrected chi connectivity index (χ0v) is 9.41. The maximum Gasteiger partial charge on any atom is 0.135 e. The fourth-order valence-corrected chi connectivity index (χ4v) is 1.16. The van der Waals surface area contributed by atoms with Crippen LogP contribution in [0.2, 0.25) is 0 Å². The Labute approximate surface area is 89.7 Å². The van der Waals surface area contributed by atoms with E-state index < -0.39 is 0 Å². The van der Waals surface area contributed by atoms with Crippen molar-refractivity contribution in [3.63, 3.8) is 0 Å². The Balaban J connectivity index is 3.02. The molecule has 4 N–H and O–H groups in total. The number of rotatable bonds is 4. The van der Waals surface area contributed by atoms with Crippen molar-refractivity contribution in [2.75, 3.05) is 24.2 Å². The highest BCUT2D eigenvalue weighted by molar-refractivity contribution is 5.54. The highest BCUT2D eigenvalue weighted by Gasteiger charge is 2.10. The largest absolute Gasteiger partial charge is 0.395 e. The quantitative estimate of drug-likeness (QED) is 0.687. The smallest absolute Gasteiger partial charge is 0.135 e. The van der Waals surface area contributed by atoms with Gasteiger partial charge in [-0.3, -0.25) is 0 Å². The maximum atomic E-state index is 8.73. The van der Waals surface area contributed by atoms with Crippen LogP contribution >= 0.6 is 0 Å². The molecule has 0 saturated heterocycles. The molecule has 5 heteroatoms. The number of aliphatic hydroxyl groups excluding tert-OH is 1. The normalized spacial score (nSPS) is 10.7. The molecule has 1 rings (SSSR count). The van der Waals surface area contributed by atoms with Gasteiger partial charge in [-0.15, -0.1) is 0 Å². The van der Waals surface area contributed by atoms with Gasteiger partial charge in [0, 0.05) is 18.0 Å². The summed E-state index contributed by atoms with van der Waals surface area (Å²) >= 11 is 0. The molecule has 1 heterocycles. The lowest BCUT2D eigenvalue weighted by Gasteiger charge is -2.12. The minimum absolute atomic E-state index is 0.0698. The third-order valence-corrected chi connectivity index (χ3v) is 2.12. The Bertz CT molecular complexity index is 338. The van der Waals surface area contributed by atoms with Crippen molar-refractivity contribution in [2.24, 2.45) is 0 Å². The van der Waals surface area contributed by atoms with Gasteiger partial charge < -0.3 is 16.2 Å². The molecule has 0 unspecified atom stereocenters. The zero-order valence-electron chi connectivity index (χ0n) is 9.41. The van der Waals surface area contributed by atoms with Crippen LogP contribution in [0, 0.1) is 6.92 Å². The second kappa shape index (κ2) is 4.93. The first-order valence-electron chi connectivity index (χ1n) is 5.05. The Morgan fingerprint density at radius 2 is 2.07 bits per heavy atom. The van der Waals surface area contributed by atoms with Gasteiger partial charge in [0.25, 0.3) is 0 Å². The number of anilines is 2. The molecule has 0 atom stereocenters. The van der Waals surface area contributed by atoms with E-state index in [1.807, 2.05) is 20.8 Å². The van der Waals surface area contributed by atoms with E-state index in [0.29, 0.717) is 18.2 Å². The molecule has 1 aromatic rings. The SMILES string of the molecule is Cc1c(N)nc(C(C)C)nc1NCCO. The molecule has 0 saturated carbocycles. The summed E-state index contributed by atoms with van der Waals surface area (Å²) < 4.78 is 0. The second-order valence-electron chi connectivity index (χ2n) is 3.75. The molecule has 5 nitrogen and oxygen atoms in total. The van der Waals surface area contributed by atoms with E-state index in [9.17, 15) is 0 Å². The first-order valence-corrected chi connectivity index (χ1v) is 5.05. The Morgan fingerprint density at radius 3 is 2.60 bits per heavy atom. The monoisotopic (exact) mass is 210 g/mol. The number of nitrogens with one attached hydrogen (secondary N) is 1. The third kappa shape index (κ3) is 2.79. The van der Waals surface area contributed by atoms with E-state index in [0.717, 1.165) is 11.4 Å². The summed E-state index contributed by atoms with van der Waals surface area (Å²) in [7, 11) is 0. The van der Waals surface area contributed by atoms with Crippen LogP contribution in [0.25, 0.3) is 0 Å². The molecular weight excluding hydrogens is 192 g/mol. The Kier molecular flexibility index (Phi) is 3.85. The van der Waals surface area contributed by atoms with Gasteiger partial charge in [0.2, 0.25) is 0 Å². The lowest BCUT2D eigenvalue weighted by atomic mass is 10.2. The number of nitrogen functional groups attached to an aromatic ring is 1. The molecule has 0 radical (unpaired) electrons. The van der Waals surface area contributed by atoms with Crippen molar-refractivity contribution in [2.45, 2.75) is 26.7 Å². The molecule has 0 aromatic carbocycles. The fourth-order valence-electron chi connectivity index (χ4n) is 1.16. The number of hydrogen-bond donors (Lipinski definition) is 3. The van der Waals surface area contributed by atoms with E-state index in [4.69, 9.17) is 10.8 Å². The second-order valence-corrected chi connectivity index (χ2v) is 3.75. The molecule has 0 spiro atoms. The van der Waals surface area contributed by atoms with Gasteiger partial charge in [0.05, 0.1) is 6.61 Å². The van der Waals surface area contributed by atoms with Gasteiger partial charge in [0.1, 0.15) is 17.5 Å². The minimum Gasteiger partial charge on any atom is -0.395 e. The maximum absolute atomic E-state index is 8.73. The van der Waals surface area contributed by atoms with Gasteiger partial charge >= 0.3 is 0 Å². The van der Waals surface area contributed by atoms with Crippen LogP contribution in [0.3, 0.4) is 0 Å². The third-order valence-electron chi connectivity index (χ3n) is 2.12. The van der Waals surface area contributed by atoms with Crippen molar-refractivity contribution < 1.29 is 5.11 Å². The molecule has 0 fully saturated rings. The van der Waals surface area contributed by atoms with Gasteiger partial charge in [-0.05, 0) is 6.92 Å². The predicted molar refractivity (Wildman–Crippen MR) is 60.8 cm³/mol. The number of aromatic nitrogens is 2. The molecular formula is C10H18N4O. The van der Waals surface area contributed by atoms with Crippen molar-refractivity contribution in [3.8, 4) is 0 Å². The van der Waals surface area contributed by atoms with Crippen LogP contribution in [0.5, 0.6) is 0 Å². The highest BCUT2D eigenvalue weighted by atomic mass is 16.3. The topological polar surface area (TPSA) is 84.1 Å². The number of nitrogens with two attached hydrogens (primary N) is 1.